The predicted molar refractivity (Wildman–Crippen MR) is 112 cm³/mol. The number of aromatic amines is 1. The third-order valence-electron chi connectivity index (χ3n) is 6.64. The highest BCUT2D eigenvalue weighted by atomic mass is 16.5. The highest BCUT2D eigenvalue weighted by molar-refractivity contribution is 5.93. The van der Waals surface area contributed by atoms with E-state index in [1.807, 2.05) is 42.6 Å². The van der Waals surface area contributed by atoms with E-state index in [1.165, 1.54) is 0 Å². The summed E-state index contributed by atoms with van der Waals surface area (Å²) in [7, 11) is 3.41. The fourth-order valence-electron chi connectivity index (χ4n) is 5.06. The van der Waals surface area contributed by atoms with E-state index in [-0.39, 0.29) is 17.9 Å². The van der Waals surface area contributed by atoms with Crippen LogP contribution in [-0.4, -0.2) is 70.8 Å². The average molecular weight is 422 g/mol. The third-order valence-corrected chi connectivity index (χ3v) is 6.64. The van der Waals surface area contributed by atoms with E-state index in [2.05, 4.69) is 10.2 Å². The van der Waals surface area contributed by atoms with Crippen molar-refractivity contribution in [2.45, 2.75) is 24.7 Å². The Morgan fingerprint density at radius 3 is 3.06 bits per heavy atom. The highest BCUT2D eigenvalue weighted by Crippen LogP contribution is 2.52. The SMILES string of the molecule is COc1cccc(CN2C[C@]34C=C[C@H](O3)[C@@H](C(=O)N(C)CCc3cn[nH]c3)[C@H]4C2=O)c1. The molecule has 3 aliphatic rings. The normalized spacial score (nSPS) is 28.3. The molecule has 8 nitrogen and oxygen atoms in total. The van der Waals surface area contributed by atoms with Gasteiger partial charge in [0, 0.05) is 26.3 Å². The van der Waals surface area contributed by atoms with Crippen molar-refractivity contribution in [1.29, 1.82) is 0 Å². The van der Waals surface area contributed by atoms with E-state index in [0.29, 0.717) is 26.1 Å². The van der Waals surface area contributed by atoms with Crippen molar-refractivity contribution in [3.05, 3.63) is 59.9 Å². The maximum Gasteiger partial charge on any atom is 0.230 e. The molecule has 1 N–H and O–H groups in total. The number of hydrogen-bond donors (Lipinski definition) is 1. The Balaban J connectivity index is 1.32. The number of likely N-dealkylation sites (tertiary alicyclic amines) is 1. The fraction of sp³-hybridized carbons (Fsp3) is 0.435. The molecule has 0 aliphatic carbocycles. The van der Waals surface area contributed by atoms with Crippen LogP contribution in [0, 0.1) is 11.8 Å². The lowest BCUT2D eigenvalue weighted by Gasteiger charge is -2.27. The van der Waals surface area contributed by atoms with Gasteiger partial charge in [-0.15, -0.1) is 0 Å². The summed E-state index contributed by atoms with van der Waals surface area (Å²) in [6.07, 6.45) is 7.89. The van der Waals surface area contributed by atoms with Crippen molar-refractivity contribution in [2.24, 2.45) is 11.8 Å². The largest absolute Gasteiger partial charge is 0.497 e. The van der Waals surface area contributed by atoms with E-state index in [0.717, 1.165) is 16.9 Å². The summed E-state index contributed by atoms with van der Waals surface area (Å²) in [5.41, 5.74) is 1.33. The zero-order valence-corrected chi connectivity index (χ0v) is 17.7. The molecule has 2 fully saturated rings. The average Bonchev–Trinajstić information content (AvgIpc) is 3.55. The molecule has 3 aliphatic heterocycles. The number of nitrogens with one attached hydrogen (secondary N) is 1. The number of hydrogen-bond acceptors (Lipinski definition) is 5. The summed E-state index contributed by atoms with van der Waals surface area (Å²) in [4.78, 5) is 30.3. The van der Waals surface area contributed by atoms with Gasteiger partial charge in [0.15, 0.2) is 0 Å². The van der Waals surface area contributed by atoms with Crippen molar-refractivity contribution >= 4 is 11.8 Å². The number of fused-ring (bicyclic) bond motifs is 1. The van der Waals surface area contributed by atoms with E-state index in [9.17, 15) is 9.59 Å². The van der Waals surface area contributed by atoms with Gasteiger partial charge in [0.05, 0.1) is 37.8 Å². The molecule has 4 heterocycles. The van der Waals surface area contributed by atoms with Crippen LogP contribution in [-0.2, 0) is 27.3 Å². The first kappa shape index (κ1) is 19.8. The van der Waals surface area contributed by atoms with Crippen molar-refractivity contribution in [1.82, 2.24) is 20.0 Å². The van der Waals surface area contributed by atoms with Gasteiger partial charge in [0.25, 0.3) is 0 Å². The Morgan fingerprint density at radius 1 is 1.42 bits per heavy atom. The number of ether oxygens (including phenoxy) is 2. The second kappa shape index (κ2) is 7.53. The van der Waals surface area contributed by atoms with Crippen LogP contribution < -0.4 is 4.74 Å². The topological polar surface area (TPSA) is 87.8 Å². The lowest BCUT2D eigenvalue weighted by Crippen LogP contribution is -2.45. The molecule has 0 unspecified atom stereocenters. The Hall–Kier alpha value is -3.13. The second-order valence-electron chi connectivity index (χ2n) is 8.56. The van der Waals surface area contributed by atoms with Crippen LogP contribution in [0.15, 0.2) is 48.8 Å². The number of H-pyrrole nitrogens is 1. The van der Waals surface area contributed by atoms with Crippen molar-refractivity contribution < 1.29 is 19.1 Å². The summed E-state index contributed by atoms with van der Waals surface area (Å²) in [5.74, 6) is -0.261. The maximum absolute atomic E-state index is 13.4. The highest BCUT2D eigenvalue weighted by Gasteiger charge is 2.67. The molecule has 2 bridgehead atoms. The standard InChI is InChI=1S/C23H26N4O4/c1-26(9-7-16-11-24-25-12-16)21(28)19-18-6-8-23(31-18)14-27(22(29)20(19)23)13-15-4-3-5-17(10-15)30-2/h3-6,8,10-12,18-20H,7,9,13-14H2,1-2H3,(H,24,25)/t18-,19+,20-,23-/m0/s1. The van der Waals surface area contributed by atoms with Crippen LogP contribution in [0.2, 0.25) is 0 Å². The zero-order chi connectivity index (χ0) is 21.6. The molecule has 2 amide bonds. The molecule has 1 aromatic heterocycles. The van der Waals surface area contributed by atoms with E-state index < -0.39 is 17.4 Å². The van der Waals surface area contributed by atoms with Crippen molar-refractivity contribution in [2.75, 3.05) is 27.2 Å². The van der Waals surface area contributed by atoms with Gasteiger partial charge in [-0.05, 0) is 29.7 Å². The number of benzene rings is 1. The molecular weight excluding hydrogens is 396 g/mol. The first-order valence-corrected chi connectivity index (χ1v) is 10.5. The van der Waals surface area contributed by atoms with Crippen LogP contribution in [0.4, 0.5) is 0 Å². The number of methoxy groups -OCH3 is 1. The molecule has 1 spiro atoms. The van der Waals surface area contributed by atoms with Gasteiger partial charge in [-0.2, -0.15) is 5.10 Å². The Bertz CT molecular complexity index is 1020. The number of amides is 2. The molecule has 31 heavy (non-hydrogen) atoms. The molecule has 8 heteroatoms. The van der Waals surface area contributed by atoms with Crippen LogP contribution in [0.3, 0.4) is 0 Å². The predicted octanol–water partition coefficient (Wildman–Crippen LogP) is 1.40. The smallest absolute Gasteiger partial charge is 0.230 e. The minimum Gasteiger partial charge on any atom is -0.497 e. The molecule has 0 saturated carbocycles. The number of rotatable bonds is 7. The fourth-order valence-corrected chi connectivity index (χ4v) is 5.06. The third kappa shape index (κ3) is 3.31. The molecule has 2 saturated heterocycles. The van der Waals surface area contributed by atoms with Crippen LogP contribution >= 0.6 is 0 Å². The summed E-state index contributed by atoms with van der Waals surface area (Å²) in [5, 5.41) is 6.73. The van der Waals surface area contributed by atoms with Crippen LogP contribution in [0.1, 0.15) is 11.1 Å². The minimum absolute atomic E-state index is 0.0174. The Kier molecular flexibility index (Phi) is 4.81. The van der Waals surface area contributed by atoms with Gasteiger partial charge in [-0.1, -0.05) is 24.3 Å². The quantitative estimate of drug-likeness (QED) is 0.682. The second-order valence-corrected chi connectivity index (χ2v) is 8.56. The molecule has 162 valence electrons. The molecular formula is C23H26N4O4. The van der Waals surface area contributed by atoms with Gasteiger partial charge >= 0.3 is 0 Å². The summed E-state index contributed by atoms with van der Waals surface area (Å²) in [6, 6.07) is 7.70. The molecule has 1 aromatic carbocycles. The minimum atomic E-state index is -0.702. The number of aromatic nitrogens is 2. The van der Waals surface area contributed by atoms with E-state index in [4.69, 9.17) is 9.47 Å². The first-order valence-electron chi connectivity index (χ1n) is 10.5. The molecule has 4 atom stereocenters. The Morgan fingerprint density at radius 2 is 2.29 bits per heavy atom. The lowest BCUT2D eigenvalue weighted by molar-refractivity contribution is -0.142. The number of carbonyl (C=O) groups excluding carboxylic acids is 2. The monoisotopic (exact) mass is 422 g/mol. The van der Waals surface area contributed by atoms with E-state index >= 15 is 0 Å². The Labute approximate surface area is 180 Å². The van der Waals surface area contributed by atoms with Crippen LogP contribution in [0.25, 0.3) is 0 Å². The molecule has 0 radical (unpaired) electrons. The van der Waals surface area contributed by atoms with Gasteiger partial charge in [0.2, 0.25) is 11.8 Å². The van der Waals surface area contributed by atoms with Crippen LogP contribution in [0.5, 0.6) is 5.75 Å². The summed E-state index contributed by atoms with van der Waals surface area (Å²) < 4.78 is 11.5. The lowest BCUT2D eigenvalue weighted by atomic mass is 9.76. The number of likely N-dealkylation sites (N-methyl/N-ethyl adjacent to an activating group) is 1. The first-order chi connectivity index (χ1) is 15.0. The van der Waals surface area contributed by atoms with Crippen molar-refractivity contribution in [3.8, 4) is 5.75 Å². The van der Waals surface area contributed by atoms with E-state index in [1.54, 1.807) is 30.2 Å². The molecule has 2 aromatic rings. The molecule has 5 rings (SSSR count). The number of carbonyl (C=O) groups is 2. The van der Waals surface area contributed by atoms with Gasteiger partial charge < -0.3 is 19.3 Å². The van der Waals surface area contributed by atoms with Gasteiger partial charge in [-0.25, -0.2) is 0 Å². The summed E-state index contributed by atoms with van der Waals surface area (Å²) in [6.45, 7) is 1.49. The van der Waals surface area contributed by atoms with Crippen molar-refractivity contribution in [3.63, 3.8) is 0 Å². The number of nitrogens with zero attached hydrogens (tertiary/aromatic N) is 3. The van der Waals surface area contributed by atoms with Gasteiger partial charge in [0.1, 0.15) is 11.4 Å². The summed E-state index contributed by atoms with van der Waals surface area (Å²) >= 11 is 0. The maximum atomic E-state index is 13.4. The zero-order valence-electron chi connectivity index (χ0n) is 17.7. The van der Waals surface area contributed by atoms with Gasteiger partial charge in [-0.3, -0.25) is 14.7 Å².